The summed E-state index contributed by atoms with van der Waals surface area (Å²) < 4.78 is 14.4. The Labute approximate surface area is 250 Å². The van der Waals surface area contributed by atoms with Crippen LogP contribution in [0.5, 0.6) is 11.5 Å². The topological polar surface area (TPSA) is 120 Å². The van der Waals surface area contributed by atoms with Crippen molar-refractivity contribution in [3.05, 3.63) is 59.7 Å². The Balaban J connectivity index is 1.55. The van der Waals surface area contributed by atoms with E-state index in [-0.39, 0.29) is 12.2 Å². The number of rotatable bonds is 6. The normalized spacial score (nSPS) is 31.5. The Hall–Kier alpha value is -3.99. The maximum absolute atomic E-state index is 14.3. The summed E-state index contributed by atoms with van der Waals surface area (Å²) in [6.07, 6.45) is 0. The first-order valence-corrected chi connectivity index (χ1v) is 14.4. The molecule has 0 unspecified atom stereocenters. The lowest BCUT2D eigenvalue weighted by Crippen LogP contribution is -2.67. The second-order valence-electron chi connectivity index (χ2n) is 11.1. The van der Waals surface area contributed by atoms with Gasteiger partial charge in [-0.25, -0.2) is 14.6 Å². The number of halogens is 1. The van der Waals surface area contributed by atoms with Crippen LogP contribution in [-0.4, -0.2) is 54.7 Å². The Bertz CT molecular complexity index is 1490. The largest absolute Gasteiger partial charge is 0.497 e. The number of imide groups is 2. The van der Waals surface area contributed by atoms with Gasteiger partial charge in [-0.2, -0.15) is 0 Å². The van der Waals surface area contributed by atoms with E-state index in [9.17, 15) is 24.0 Å². The highest BCUT2D eigenvalue weighted by Gasteiger charge is 2.81. The molecule has 2 aliphatic heterocycles. The third kappa shape index (κ3) is 3.34. The first-order chi connectivity index (χ1) is 20.0. The molecule has 4 atom stereocenters. The minimum Gasteiger partial charge on any atom is -0.497 e. The number of carbonyl (C=O) groups is 5. The van der Waals surface area contributed by atoms with Gasteiger partial charge in [0.2, 0.25) is 23.6 Å². The van der Waals surface area contributed by atoms with Crippen LogP contribution in [0.1, 0.15) is 20.8 Å². The molecule has 3 fully saturated rings. The summed E-state index contributed by atoms with van der Waals surface area (Å²) in [4.78, 5) is 73.0. The molecule has 42 heavy (non-hydrogen) atoms. The number of benzene rings is 2. The van der Waals surface area contributed by atoms with E-state index in [2.05, 4.69) is 15.9 Å². The van der Waals surface area contributed by atoms with E-state index in [4.69, 9.17) is 14.2 Å². The second kappa shape index (κ2) is 9.52. The molecule has 2 aromatic carbocycles. The molecular formula is C31H29BrN2O8. The minimum atomic E-state index is -1.51. The summed E-state index contributed by atoms with van der Waals surface area (Å²) in [5.41, 5.74) is -0.279. The van der Waals surface area contributed by atoms with Gasteiger partial charge >= 0.3 is 5.97 Å². The molecule has 5 aliphatic rings. The third-order valence-electron chi connectivity index (χ3n) is 9.44. The molecule has 3 aliphatic carbocycles. The van der Waals surface area contributed by atoms with Crippen LogP contribution in [0.25, 0.3) is 0 Å². The van der Waals surface area contributed by atoms with Crippen molar-refractivity contribution in [1.29, 1.82) is 0 Å². The summed E-state index contributed by atoms with van der Waals surface area (Å²) in [5.74, 6) is -6.01. The summed E-state index contributed by atoms with van der Waals surface area (Å²) in [5, 5.41) is 0. The van der Waals surface area contributed by atoms with Gasteiger partial charge in [0, 0.05) is 11.0 Å². The minimum absolute atomic E-state index is 0.0683. The van der Waals surface area contributed by atoms with E-state index >= 15 is 0 Å². The standard InChI is InChI=1S/C31H29BrN2O8/c1-6-42-29(39)20-15(2)31(32)23-21(25(35)33(27(23)37)16-7-11-18(40-4)12-8-16)30(20,3)22-24(31)28(38)34(26(22)36)17-9-13-19(41-5)14-10-17/h7-14,21-24H,6H2,1-5H3/t21-,22-,23-,24-,30?,31?/m1/s1. The number of ether oxygens (including phenoxy) is 3. The average Bonchev–Trinajstić information content (AvgIpc) is 3.42. The molecule has 218 valence electrons. The summed E-state index contributed by atoms with van der Waals surface area (Å²) in [6.45, 7) is 5.05. The van der Waals surface area contributed by atoms with Gasteiger partial charge in [-0.1, -0.05) is 22.9 Å². The van der Waals surface area contributed by atoms with Crippen molar-refractivity contribution in [2.45, 2.75) is 25.1 Å². The number of allylic oxidation sites excluding steroid dienone is 1. The summed E-state index contributed by atoms with van der Waals surface area (Å²) >= 11 is 3.77. The van der Waals surface area contributed by atoms with Gasteiger partial charge in [0.25, 0.3) is 0 Å². The zero-order chi connectivity index (χ0) is 30.3. The van der Waals surface area contributed by atoms with Crippen LogP contribution in [0.4, 0.5) is 11.4 Å². The van der Waals surface area contributed by atoms with E-state index in [1.807, 2.05) is 0 Å². The van der Waals surface area contributed by atoms with Crippen molar-refractivity contribution in [3.8, 4) is 11.5 Å². The number of carbonyl (C=O) groups excluding carboxylic acids is 5. The molecule has 11 heteroatoms. The van der Waals surface area contributed by atoms with Crippen molar-refractivity contribution in [2.75, 3.05) is 30.6 Å². The Morgan fingerprint density at radius 3 is 1.50 bits per heavy atom. The molecule has 10 nitrogen and oxygen atoms in total. The van der Waals surface area contributed by atoms with Crippen molar-refractivity contribution >= 4 is 56.9 Å². The summed E-state index contributed by atoms with van der Waals surface area (Å²) in [7, 11) is 3.02. The van der Waals surface area contributed by atoms with E-state index < -0.39 is 63.0 Å². The number of alkyl halides is 1. The number of methoxy groups -OCH3 is 2. The fourth-order valence-corrected chi connectivity index (χ4v) is 8.82. The Morgan fingerprint density at radius 2 is 1.14 bits per heavy atom. The number of amides is 4. The van der Waals surface area contributed by atoms with Gasteiger partial charge in [-0.3, -0.25) is 19.2 Å². The third-order valence-corrected chi connectivity index (χ3v) is 11.0. The molecular weight excluding hydrogens is 608 g/mol. The lowest BCUT2D eigenvalue weighted by molar-refractivity contribution is -0.152. The zero-order valence-electron chi connectivity index (χ0n) is 23.7. The van der Waals surface area contributed by atoms with Crippen LogP contribution in [-0.2, 0) is 28.7 Å². The highest BCUT2D eigenvalue weighted by molar-refractivity contribution is 9.10. The fourth-order valence-electron chi connectivity index (χ4n) is 7.70. The van der Waals surface area contributed by atoms with Gasteiger partial charge in [-0.15, -0.1) is 0 Å². The Morgan fingerprint density at radius 1 is 0.762 bits per heavy atom. The lowest BCUT2D eigenvalue weighted by atomic mass is 9.43. The van der Waals surface area contributed by atoms with Gasteiger partial charge in [0.05, 0.1) is 60.2 Å². The highest BCUT2D eigenvalue weighted by Crippen LogP contribution is 2.72. The van der Waals surface area contributed by atoms with Crippen molar-refractivity contribution in [3.63, 3.8) is 0 Å². The van der Waals surface area contributed by atoms with Crippen molar-refractivity contribution < 1.29 is 38.2 Å². The number of hydrogen-bond donors (Lipinski definition) is 0. The van der Waals surface area contributed by atoms with Gasteiger partial charge in [0.15, 0.2) is 0 Å². The molecule has 4 amide bonds. The van der Waals surface area contributed by atoms with Gasteiger partial charge in [0.1, 0.15) is 11.5 Å². The molecule has 2 bridgehead atoms. The predicted octanol–water partition coefficient (Wildman–Crippen LogP) is 3.66. The van der Waals surface area contributed by atoms with Gasteiger partial charge < -0.3 is 14.2 Å². The number of anilines is 2. The van der Waals surface area contributed by atoms with Crippen molar-refractivity contribution in [2.24, 2.45) is 29.1 Å². The Kier molecular flexibility index (Phi) is 6.38. The molecule has 2 aromatic rings. The zero-order valence-corrected chi connectivity index (χ0v) is 25.3. The molecule has 0 aromatic heterocycles. The molecule has 2 saturated heterocycles. The molecule has 0 N–H and O–H groups in total. The highest BCUT2D eigenvalue weighted by atomic mass is 79.9. The van der Waals surface area contributed by atoms with Crippen LogP contribution in [0.2, 0.25) is 0 Å². The molecule has 7 rings (SSSR count). The monoisotopic (exact) mass is 636 g/mol. The van der Waals surface area contributed by atoms with E-state index in [0.717, 1.165) is 9.80 Å². The smallest absolute Gasteiger partial charge is 0.334 e. The van der Waals surface area contributed by atoms with Crippen LogP contribution in [0.15, 0.2) is 59.7 Å². The molecule has 0 radical (unpaired) electrons. The van der Waals surface area contributed by atoms with E-state index in [1.165, 1.54) is 14.2 Å². The van der Waals surface area contributed by atoms with Crippen molar-refractivity contribution in [1.82, 2.24) is 0 Å². The summed E-state index contributed by atoms with van der Waals surface area (Å²) in [6, 6.07) is 13.0. The lowest BCUT2D eigenvalue weighted by Gasteiger charge is -2.59. The number of esters is 1. The van der Waals surface area contributed by atoms with E-state index in [1.54, 1.807) is 69.3 Å². The van der Waals surface area contributed by atoms with E-state index in [0.29, 0.717) is 28.4 Å². The first-order valence-electron chi connectivity index (χ1n) is 13.6. The van der Waals surface area contributed by atoms with Crippen LogP contribution in [0, 0.1) is 29.1 Å². The number of nitrogens with zero attached hydrogens (tertiary/aromatic N) is 2. The maximum atomic E-state index is 14.3. The predicted molar refractivity (Wildman–Crippen MR) is 154 cm³/mol. The molecule has 2 heterocycles. The van der Waals surface area contributed by atoms with Crippen LogP contribution in [0.3, 0.4) is 0 Å². The maximum Gasteiger partial charge on any atom is 0.334 e. The van der Waals surface area contributed by atoms with Crippen LogP contribution < -0.4 is 19.3 Å². The molecule has 1 saturated carbocycles. The average molecular weight is 637 g/mol. The quantitative estimate of drug-likeness (QED) is 0.268. The number of hydrogen-bond acceptors (Lipinski definition) is 8. The second-order valence-corrected chi connectivity index (χ2v) is 12.4. The fraction of sp³-hybridized carbons (Fsp3) is 0.387. The van der Waals surface area contributed by atoms with Crippen LogP contribution >= 0.6 is 15.9 Å². The van der Waals surface area contributed by atoms with Gasteiger partial charge in [-0.05, 0) is 68.0 Å². The molecule has 0 spiro atoms. The first kappa shape index (κ1) is 28.1. The SMILES string of the molecule is CCOC(=O)C1=C(C)C2(Br)[C@H]3C(=O)N(c4ccc(OC)cc4)C(=O)[C@@H]3C1(C)[C@H]1C(=O)N(c3ccc(OC)cc3)C(=O)[C@@H]12.